The molecular formula is C110H150F5O5S5. The van der Waals surface area contributed by atoms with Gasteiger partial charge in [-0.15, -0.1) is 0 Å². The average Bonchev–Trinajstić information content (AvgIpc) is 0.918. The molecule has 0 N–H and O–H groups in total. The van der Waals surface area contributed by atoms with Gasteiger partial charge in [0, 0.05) is 24.5 Å². The molecule has 5 radical (unpaired) electrons. The Morgan fingerprint density at radius 1 is 0.144 bits per heavy atom. The molecule has 0 unspecified atom stereocenters. The van der Waals surface area contributed by atoms with E-state index in [-0.39, 0.29) is 23.5 Å². The lowest BCUT2D eigenvalue weighted by Crippen LogP contribution is -1.98. The van der Waals surface area contributed by atoms with Gasteiger partial charge in [0.2, 0.25) is 0 Å². The zero-order valence-corrected chi connectivity index (χ0v) is 80.1. The summed E-state index contributed by atoms with van der Waals surface area (Å²) in [6.07, 6.45) is 49.5. The highest BCUT2D eigenvalue weighted by Crippen LogP contribution is 2.24. The maximum Gasteiger partial charge on any atom is 0.119 e. The minimum absolute atomic E-state index is 0. The summed E-state index contributed by atoms with van der Waals surface area (Å²) in [5.41, 5.74) is 13.5. The van der Waals surface area contributed by atoms with Crippen LogP contribution in [0.1, 0.15) is 283 Å². The van der Waals surface area contributed by atoms with E-state index in [1.165, 1.54) is 216 Å². The molecule has 5 nitrogen and oxygen atoms in total. The van der Waals surface area contributed by atoms with Crippen molar-refractivity contribution in [3.05, 3.63) is 298 Å². The largest absolute Gasteiger partial charge is 0.494 e. The van der Waals surface area contributed by atoms with Gasteiger partial charge in [0.15, 0.2) is 0 Å². The van der Waals surface area contributed by atoms with E-state index in [2.05, 4.69) is 217 Å². The summed E-state index contributed by atoms with van der Waals surface area (Å²) < 4.78 is 29.2. The lowest BCUT2D eigenvalue weighted by molar-refractivity contribution is 0.304. The molecule has 125 heavy (non-hydrogen) atoms. The van der Waals surface area contributed by atoms with E-state index in [9.17, 15) is 0 Å². The Kier molecular flexibility index (Phi) is 69.9. The first kappa shape index (κ1) is 115. The minimum atomic E-state index is 0. The fourth-order valence-corrected chi connectivity index (χ4v) is 14.5. The minimum Gasteiger partial charge on any atom is -0.494 e. The zero-order valence-electron chi connectivity index (χ0n) is 76.0. The summed E-state index contributed by atoms with van der Waals surface area (Å²) in [5.74, 6) is 4.94. The number of rotatable bonds is 55. The van der Waals surface area contributed by atoms with E-state index in [1.807, 2.05) is 60.7 Å². The molecule has 0 heterocycles. The van der Waals surface area contributed by atoms with E-state index < -0.39 is 0 Å². The first-order chi connectivity index (χ1) is 58.9. The van der Waals surface area contributed by atoms with Crippen molar-refractivity contribution in [3.63, 3.8) is 0 Å². The van der Waals surface area contributed by atoms with Gasteiger partial charge in [-0.1, -0.05) is 380 Å². The third-order valence-electron chi connectivity index (χ3n) is 21.6. The molecule has 15 heteroatoms. The first-order valence-electron chi connectivity index (χ1n) is 46.3. The van der Waals surface area contributed by atoms with Crippen molar-refractivity contribution in [2.24, 2.45) is 0 Å². The van der Waals surface area contributed by atoms with Crippen molar-refractivity contribution >= 4 is 63.1 Å². The van der Waals surface area contributed by atoms with Crippen molar-refractivity contribution in [2.45, 2.75) is 316 Å². The topological polar surface area (TPSA) is 46.2 Å². The Labute approximate surface area is 780 Å². The van der Waals surface area contributed by atoms with Crippen LogP contribution >= 0.6 is 63.1 Å². The Morgan fingerprint density at radius 3 is 0.368 bits per heavy atom. The van der Waals surface area contributed by atoms with Gasteiger partial charge in [0.05, 0.1) is 33.0 Å². The Bertz CT molecular complexity index is 3450. The molecule has 10 rings (SSSR count). The Hall–Kier alpha value is -8.05. The number of ether oxygens (including phenoxy) is 5. The van der Waals surface area contributed by atoms with Gasteiger partial charge in [0.1, 0.15) is 28.7 Å². The second-order valence-electron chi connectivity index (χ2n) is 32.0. The van der Waals surface area contributed by atoms with Crippen molar-refractivity contribution < 1.29 is 47.2 Å². The maximum atomic E-state index is 5.83. The molecule has 0 atom stereocenters. The SMILES string of the molecule is CCCCCCCCOc1ccc(CCc2ccc([S])cc2)cc1.CCCCCCCCOc1ccc(CCc2ccc([S])cc2)cc1.CCCCCCCCOc1ccc(CCc2ccc([S])cc2)cc1.CCCCCCCCOc1ccc(CCc2ccc([S])cc2)cc1.CCCCCCCCOc1ccc(CCc2ccc([S])cc2)cc1.F.F.F.F.F. The van der Waals surface area contributed by atoms with Crippen LogP contribution in [0.2, 0.25) is 0 Å². The summed E-state index contributed by atoms with van der Waals surface area (Å²) in [5, 5.41) is 0. The van der Waals surface area contributed by atoms with Gasteiger partial charge in [0.25, 0.3) is 0 Å². The fraction of sp³-hybridized carbons (Fsp3) is 0.455. The quantitative estimate of drug-likeness (QED) is 0.0281. The molecule has 0 aliphatic carbocycles. The molecule has 685 valence electrons. The highest BCUT2D eigenvalue weighted by atomic mass is 32.1. The number of hydrogen-bond donors (Lipinski definition) is 0. The van der Waals surface area contributed by atoms with E-state index >= 15 is 0 Å². The van der Waals surface area contributed by atoms with Crippen molar-refractivity contribution in [1.29, 1.82) is 0 Å². The first-order valence-corrected chi connectivity index (χ1v) is 48.3. The second kappa shape index (κ2) is 76.0. The molecule has 0 saturated heterocycles. The molecule has 0 saturated carbocycles. The lowest BCUT2D eigenvalue weighted by Gasteiger charge is -2.08. The predicted molar refractivity (Wildman–Crippen MR) is 538 cm³/mol. The molecule has 0 aromatic heterocycles. The second-order valence-corrected chi connectivity index (χ2v) is 34.4. The van der Waals surface area contributed by atoms with Gasteiger partial charge < -0.3 is 23.7 Å². The van der Waals surface area contributed by atoms with E-state index in [0.29, 0.717) is 0 Å². The van der Waals surface area contributed by atoms with E-state index in [0.717, 1.165) is 183 Å². The van der Waals surface area contributed by atoms with E-state index in [1.54, 1.807) is 0 Å². The molecule has 10 aromatic rings. The van der Waals surface area contributed by atoms with Gasteiger partial charge >= 0.3 is 0 Å². The molecular weight excluding hydrogens is 1660 g/mol. The number of benzene rings is 10. The summed E-state index contributed by atoms with van der Waals surface area (Å²) in [6.45, 7) is 15.4. The molecule has 0 aliphatic rings. The Balaban J connectivity index is 0.000000774. The number of aryl methyl sites for hydroxylation is 10. The third-order valence-corrected chi connectivity index (χ3v) is 22.9. The normalized spacial score (nSPS) is 10.3. The lowest BCUT2D eigenvalue weighted by atomic mass is 10.0. The molecule has 0 amide bonds. The monoisotopic (exact) mass is 1810 g/mol. The molecule has 0 fully saturated rings. The van der Waals surface area contributed by atoms with Crippen molar-refractivity contribution in [2.75, 3.05) is 33.0 Å². The molecule has 0 aliphatic heterocycles. The maximum absolute atomic E-state index is 5.83. The highest BCUT2D eigenvalue weighted by Gasteiger charge is 2.07. The van der Waals surface area contributed by atoms with Gasteiger partial charge in [-0.2, -0.15) is 0 Å². The summed E-state index contributed by atoms with van der Waals surface area (Å²) in [4.78, 5) is 4.54. The average molecular weight is 1810 g/mol. The van der Waals surface area contributed by atoms with Crippen LogP contribution in [0.4, 0.5) is 23.5 Å². The third kappa shape index (κ3) is 57.4. The van der Waals surface area contributed by atoms with Gasteiger partial charge in [-0.3, -0.25) is 23.5 Å². The van der Waals surface area contributed by atoms with Gasteiger partial charge in [-0.05, 0) is 273 Å². The molecule has 0 spiro atoms. The number of hydrogen-bond acceptors (Lipinski definition) is 5. The summed E-state index contributed by atoms with van der Waals surface area (Å²) in [7, 11) is 0. The number of halogens is 5. The number of unbranched alkanes of at least 4 members (excludes halogenated alkanes) is 25. The van der Waals surface area contributed by atoms with Gasteiger partial charge in [-0.25, -0.2) is 0 Å². The smallest absolute Gasteiger partial charge is 0.119 e. The van der Waals surface area contributed by atoms with Crippen LogP contribution < -0.4 is 23.7 Å². The Morgan fingerprint density at radius 2 is 0.248 bits per heavy atom. The van der Waals surface area contributed by atoms with Crippen LogP contribution in [0.3, 0.4) is 0 Å². The van der Waals surface area contributed by atoms with Crippen LogP contribution in [0.5, 0.6) is 28.7 Å². The van der Waals surface area contributed by atoms with E-state index in [4.69, 9.17) is 86.8 Å². The predicted octanol–water partition coefficient (Wildman–Crippen LogP) is 34.6. The molecule has 0 bridgehead atoms. The highest BCUT2D eigenvalue weighted by molar-refractivity contribution is 7.81. The summed E-state index contributed by atoms with van der Waals surface area (Å²) >= 11 is 25.6. The fourth-order valence-electron chi connectivity index (χ4n) is 13.8. The zero-order chi connectivity index (χ0) is 85.2. The standard InChI is InChI=1S/5C22H29OS.5FH/c5*1-2-3-4-5-6-7-18-23-21-14-10-19(11-15-21)8-9-20-12-16-22(24)17-13-20;;;;;/h5*10-17H,2-9,18H2,1H3;5*1H. The van der Waals surface area contributed by atoms with Crippen LogP contribution in [-0.2, 0) is 64.2 Å². The summed E-state index contributed by atoms with van der Waals surface area (Å²) in [6, 6.07) is 84.0. The molecule has 10 aromatic carbocycles. The van der Waals surface area contributed by atoms with Crippen LogP contribution in [0.15, 0.2) is 267 Å². The van der Waals surface area contributed by atoms with Crippen LogP contribution in [-0.4, -0.2) is 33.0 Å². The van der Waals surface area contributed by atoms with Crippen molar-refractivity contribution in [1.82, 2.24) is 0 Å². The van der Waals surface area contributed by atoms with Crippen LogP contribution in [0, 0.1) is 0 Å². The van der Waals surface area contributed by atoms with Crippen molar-refractivity contribution in [3.8, 4) is 28.7 Å². The van der Waals surface area contributed by atoms with Crippen LogP contribution in [0.25, 0.3) is 0 Å².